The summed E-state index contributed by atoms with van der Waals surface area (Å²) in [4.78, 5) is 29.1. The van der Waals surface area contributed by atoms with Crippen molar-refractivity contribution in [3.63, 3.8) is 0 Å². The van der Waals surface area contributed by atoms with Gasteiger partial charge in [-0.15, -0.1) is 11.3 Å². The van der Waals surface area contributed by atoms with Crippen molar-refractivity contribution in [3.05, 3.63) is 15.6 Å². The highest BCUT2D eigenvalue weighted by molar-refractivity contribution is 7.13. The van der Waals surface area contributed by atoms with Crippen LogP contribution in [0.15, 0.2) is 0 Å². The van der Waals surface area contributed by atoms with Crippen LogP contribution < -0.4 is 5.32 Å². The Kier molecular flexibility index (Phi) is 5.94. The molecule has 0 aliphatic heterocycles. The zero-order valence-corrected chi connectivity index (χ0v) is 13.1. The number of carbonyl (C=O) groups is 2. The van der Waals surface area contributed by atoms with Crippen LogP contribution in [-0.2, 0) is 6.54 Å². The molecule has 1 unspecified atom stereocenters. The van der Waals surface area contributed by atoms with Crippen LogP contribution in [0.1, 0.15) is 47.6 Å². The maximum absolute atomic E-state index is 12.0. The number of nitrogens with one attached hydrogen (secondary N) is 1. The summed E-state index contributed by atoms with van der Waals surface area (Å²) in [6.07, 6.45) is 0.890. The lowest BCUT2D eigenvalue weighted by Crippen LogP contribution is -2.44. The summed E-state index contributed by atoms with van der Waals surface area (Å²) in [6, 6.07) is 0.0270. The van der Waals surface area contributed by atoms with E-state index in [2.05, 4.69) is 10.3 Å². The molecule has 0 saturated carbocycles. The molecule has 2 amide bonds. The van der Waals surface area contributed by atoms with E-state index in [1.54, 1.807) is 11.8 Å². The Labute approximate surface area is 122 Å². The lowest BCUT2D eigenvalue weighted by Gasteiger charge is -2.27. The summed E-state index contributed by atoms with van der Waals surface area (Å²) >= 11 is 1.10. The summed E-state index contributed by atoms with van der Waals surface area (Å²) < 4.78 is 0. The Balaban J connectivity index is 2.64. The molecule has 1 aromatic rings. The number of urea groups is 1. The molecule has 1 aromatic heterocycles. The van der Waals surface area contributed by atoms with Gasteiger partial charge in [-0.05, 0) is 27.2 Å². The molecule has 6 nitrogen and oxygen atoms in total. The minimum atomic E-state index is -0.979. The van der Waals surface area contributed by atoms with Crippen molar-refractivity contribution in [3.8, 4) is 0 Å². The van der Waals surface area contributed by atoms with Gasteiger partial charge in [0.05, 0.1) is 12.2 Å². The van der Waals surface area contributed by atoms with Gasteiger partial charge in [0.2, 0.25) is 0 Å². The lowest BCUT2D eigenvalue weighted by atomic mass is 10.2. The summed E-state index contributed by atoms with van der Waals surface area (Å²) in [5.41, 5.74) is 0.487. The van der Waals surface area contributed by atoms with Crippen molar-refractivity contribution in [2.24, 2.45) is 0 Å². The Bertz CT molecular complexity index is 487. The quantitative estimate of drug-likeness (QED) is 0.845. The number of carboxylic acid groups (broad SMARTS) is 1. The largest absolute Gasteiger partial charge is 0.477 e. The molecule has 20 heavy (non-hydrogen) atoms. The van der Waals surface area contributed by atoms with Crippen LogP contribution in [0.2, 0.25) is 0 Å². The highest BCUT2D eigenvalue weighted by Gasteiger charge is 2.18. The number of carboxylic acids is 1. The maximum Gasteiger partial charge on any atom is 0.347 e. The van der Waals surface area contributed by atoms with Gasteiger partial charge in [-0.25, -0.2) is 14.6 Å². The van der Waals surface area contributed by atoms with Crippen LogP contribution in [0.4, 0.5) is 4.79 Å². The van der Waals surface area contributed by atoms with Crippen molar-refractivity contribution in [2.75, 3.05) is 6.54 Å². The molecule has 0 radical (unpaired) electrons. The van der Waals surface area contributed by atoms with Crippen molar-refractivity contribution in [1.29, 1.82) is 0 Å². The number of hydrogen-bond donors (Lipinski definition) is 2. The summed E-state index contributed by atoms with van der Waals surface area (Å²) in [5, 5.41) is 12.4. The second-order valence-electron chi connectivity index (χ2n) is 4.53. The van der Waals surface area contributed by atoms with Gasteiger partial charge < -0.3 is 15.3 Å². The van der Waals surface area contributed by atoms with E-state index in [4.69, 9.17) is 5.11 Å². The molecule has 0 aromatic carbocycles. The number of aromatic carboxylic acids is 1. The van der Waals surface area contributed by atoms with E-state index in [0.29, 0.717) is 17.2 Å². The van der Waals surface area contributed by atoms with Gasteiger partial charge in [0.25, 0.3) is 0 Å². The molecule has 0 aliphatic rings. The first-order valence-corrected chi connectivity index (χ1v) is 7.46. The normalized spacial score (nSPS) is 12.0. The zero-order chi connectivity index (χ0) is 15.3. The molecule has 0 spiro atoms. The third-order valence-electron chi connectivity index (χ3n) is 3.15. The fraction of sp³-hybridized carbons (Fsp3) is 0.615. The van der Waals surface area contributed by atoms with E-state index in [9.17, 15) is 9.59 Å². The Morgan fingerprint density at radius 1 is 1.45 bits per heavy atom. The van der Waals surface area contributed by atoms with E-state index in [1.165, 1.54) is 0 Å². The van der Waals surface area contributed by atoms with Gasteiger partial charge in [0.1, 0.15) is 9.88 Å². The first-order valence-electron chi connectivity index (χ1n) is 6.64. The number of aromatic nitrogens is 1. The van der Waals surface area contributed by atoms with E-state index in [-0.39, 0.29) is 23.5 Å². The zero-order valence-electron chi connectivity index (χ0n) is 12.3. The molecule has 7 heteroatoms. The van der Waals surface area contributed by atoms with E-state index in [0.717, 1.165) is 17.8 Å². The number of thiazole rings is 1. The SMILES string of the molecule is CCC(C)N(CC)C(=O)NCc1nc(C)c(C(=O)O)s1. The molecule has 1 heterocycles. The molecule has 0 fully saturated rings. The molecule has 1 atom stereocenters. The predicted molar refractivity (Wildman–Crippen MR) is 78.2 cm³/mol. The molecule has 1 rings (SSSR count). The van der Waals surface area contributed by atoms with Gasteiger partial charge in [-0.1, -0.05) is 6.92 Å². The summed E-state index contributed by atoms with van der Waals surface area (Å²) in [5.74, 6) is -0.979. The number of aryl methyl sites for hydroxylation is 1. The van der Waals surface area contributed by atoms with Gasteiger partial charge >= 0.3 is 12.0 Å². The maximum atomic E-state index is 12.0. The van der Waals surface area contributed by atoms with Crippen LogP contribution in [0, 0.1) is 6.92 Å². The van der Waals surface area contributed by atoms with Crippen LogP contribution >= 0.6 is 11.3 Å². The summed E-state index contributed by atoms with van der Waals surface area (Å²) in [6.45, 7) is 8.51. The van der Waals surface area contributed by atoms with Crippen molar-refractivity contribution < 1.29 is 14.7 Å². The number of rotatable bonds is 6. The van der Waals surface area contributed by atoms with Crippen LogP contribution in [0.5, 0.6) is 0 Å². The lowest BCUT2D eigenvalue weighted by molar-refractivity contribution is 0.0701. The van der Waals surface area contributed by atoms with Crippen molar-refractivity contribution >= 4 is 23.3 Å². The Morgan fingerprint density at radius 2 is 2.10 bits per heavy atom. The summed E-state index contributed by atoms with van der Waals surface area (Å²) in [7, 11) is 0. The third-order valence-corrected chi connectivity index (χ3v) is 4.30. The van der Waals surface area contributed by atoms with Crippen LogP contribution in [-0.4, -0.2) is 39.6 Å². The highest BCUT2D eigenvalue weighted by atomic mass is 32.1. The van der Waals surface area contributed by atoms with Crippen LogP contribution in [0.25, 0.3) is 0 Å². The molecule has 0 saturated heterocycles. The fourth-order valence-electron chi connectivity index (χ4n) is 1.85. The minimum Gasteiger partial charge on any atom is -0.477 e. The van der Waals surface area contributed by atoms with Crippen LogP contribution in [0.3, 0.4) is 0 Å². The number of nitrogens with zero attached hydrogens (tertiary/aromatic N) is 2. The van der Waals surface area contributed by atoms with Gasteiger partial charge in [0, 0.05) is 12.6 Å². The number of hydrogen-bond acceptors (Lipinski definition) is 4. The average Bonchev–Trinajstić information content (AvgIpc) is 2.78. The van der Waals surface area contributed by atoms with E-state index >= 15 is 0 Å². The highest BCUT2D eigenvalue weighted by Crippen LogP contribution is 2.17. The van der Waals surface area contributed by atoms with E-state index in [1.807, 2.05) is 20.8 Å². The first kappa shape index (κ1) is 16.4. The Morgan fingerprint density at radius 3 is 2.55 bits per heavy atom. The van der Waals surface area contributed by atoms with Gasteiger partial charge in [0.15, 0.2) is 0 Å². The molecule has 0 aliphatic carbocycles. The molecular formula is C13H21N3O3S. The van der Waals surface area contributed by atoms with Crippen molar-refractivity contribution in [1.82, 2.24) is 15.2 Å². The monoisotopic (exact) mass is 299 g/mol. The number of carbonyl (C=O) groups excluding carboxylic acids is 1. The third kappa shape index (κ3) is 3.93. The molecular weight excluding hydrogens is 278 g/mol. The fourth-order valence-corrected chi connectivity index (χ4v) is 2.70. The molecule has 2 N–H and O–H groups in total. The van der Waals surface area contributed by atoms with Gasteiger partial charge in [-0.2, -0.15) is 0 Å². The second kappa shape index (κ2) is 7.23. The van der Waals surface area contributed by atoms with E-state index < -0.39 is 5.97 Å². The smallest absolute Gasteiger partial charge is 0.347 e. The topological polar surface area (TPSA) is 82.5 Å². The Hall–Kier alpha value is -1.63. The molecule has 112 valence electrons. The molecule has 0 bridgehead atoms. The van der Waals surface area contributed by atoms with Crippen molar-refractivity contribution in [2.45, 2.75) is 46.7 Å². The first-order chi connectivity index (χ1) is 9.40. The average molecular weight is 299 g/mol. The minimum absolute atomic E-state index is 0.147. The standard InChI is InChI=1S/C13H21N3O3S/c1-5-8(3)16(6-2)13(19)14-7-10-15-9(4)11(20-10)12(17)18/h8H,5-7H2,1-4H3,(H,14,19)(H,17,18). The number of amides is 2. The second-order valence-corrected chi connectivity index (χ2v) is 5.61. The van der Waals surface area contributed by atoms with Gasteiger partial charge in [-0.3, -0.25) is 0 Å². The predicted octanol–water partition coefficient (Wildman–Crippen LogP) is 2.48.